The number of halogens is 2. The number of nitrogens with zero attached hydrogens (tertiary/aromatic N) is 2. The maximum atomic E-state index is 13.4. The third-order valence-corrected chi connectivity index (χ3v) is 7.34. The molecule has 6 nitrogen and oxygen atoms in total. The second kappa shape index (κ2) is 8.83. The fourth-order valence-electron chi connectivity index (χ4n) is 4.49. The van der Waals surface area contributed by atoms with Gasteiger partial charge in [0.15, 0.2) is 11.9 Å². The lowest BCUT2D eigenvalue weighted by molar-refractivity contribution is -0.0384. The lowest BCUT2D eigenvalue weighted by atomic mass is 9.80. The van der Waals surface area contributed by atoms with Gasteiger partial charge in [-0.05, 0) is 33.1 Å². The fraction of sp³-hybridized carbons (Fsp3) is 0.889. The normalized spacial score (nSPS) is 38.7. The molecular weight excluding hydrogens is 391 g/mol. The number of thioether (sulfide) groups is 1. The number of hydrogen-bond donors (Lipinski definition) is 4. The Bertz CT molecular complexity index is 543. The summed E-state index contributed by atoms with van der Waals surface area (Å²) in [7, 11) is 0. The monoisotopic (exact) mass is 422 g/mol. The topological polar surface area (TPSA) is 71.0 Å². The van der Waals surface area contributed by atoms with E-state index in [1.54, 1.807) is 6.92 Å². The maximum Gasteiger partial charge on any atom is 0.165 e. The number of nitrogens with one attached hydrogen (secondary N) is 2. The van der Waals surface area contributed by atoms with E-state index in [1.807, 2.05) is 11.8 Å². The Morgan fingerprint density at radius 1 is 1.44 bits per heavy atom. The third kappa shape index (κ3) is 4.80. The zero-order chi connectivity index (χ0) is 19.8. The number of rotatable bonds is 7. The molecule has 0 saturated carbocycles. The molecule has 0 aromatic carbocycles. The highest BCUT2D eigenvalue weighted by atomic mass is 35.5. The van der Waals surface area contributed by atoms with Crippen molar-refractivity contribution in [3.8, 4) is 0 Å². The van der Waals surface area contributed by atoms with E-state index in [0.29, 0.717) is 6.54 Å². The molecule has 156 valence electrons. The molecule has 0 radical (unpaired) electrons. The standard InChI is InChI=1S/C18H32ClFN4O2S/c1-11(19)4-5-14-12(2)18(6-7-23(9-18)13(3)25)10-24(14)17(26)22-16-21-8-15(20)27-16/h11,13-17,21-22,25-26H,2,4-10H2,1,3H3. The van der Waals surface area contributed by atoms with E-state index in [0.717, 1.165) is 49.7 Å². The minimum atomic E-state index is -0.961. The third-order valence-electron chi connectivity index (χ3n) is 6.08. The SMILES string of the molecule is C=C1C(CCC(C)Cl)N(C(O)NC2NCC(F)S2)CC12CCN(C(C)O)C2. The molecule has 1 spiro atoms. The Hall–Kier alpha value is 0.0700. The molecule has 3 aliphatic rings. The van der Waals surface area contributed by atoms with Crippen molar-refractivity contribution in [3.05, 3.63) is 12.2 Å². The Morgan fingerprint density at radius 3 is 2.74 bits per heavy atom. The van der Waals surface area contributed by atoms with Crippen LogP contribution in [0.15, 0.2) is 12.2 Å². The van der Waals surface area contributed by atoms with Crippen molar-refractivity contribution in [2.75, 3.05) is 26.2 Å². The van der Waals surface area contributed by atoms with Crippen molar-refractivity contribution < 1.29 is 14.6 Å². The van der Waals surface area contributed by atoms with Crippen molar-refractivity contribution >= 4 is 23.4 Å². The molecule has 27 heavy (non-hydrogen) atoms. The van der Waals surface area contributed by atoms with E-state index in [4.69, 9.17) is 11.6 Å². The quantitative estimate of drug-likeness (QED) is 0.281. The van der Waals surface area contributed by atoms with Crippen molar-refractivity contribution in [3.63, 3.8) is 0 Å². The van der Waals surface area contributed by atoms with Gasteiger partial charge in [-0.3, -0.25) is 20.4 Å². The first-order valence-electron chi connectivity index (χ1n) is 9.70. The van der Waals surface area contributed by atoms with E-state index in [-0.39, 0.29) is 28.9 Å². The summed E-state index contributed by atoms with van der Waals surface area (Å²) in [4.78, 5) is 4.08. The average Bonchev–Trinajstić information content (AvgIpc) is 3.27. The number of alkyl halides is 2. The van der Waals surface area contributed by atoms with Gasteiger partial charge in [-0.1, -0.05) is 23.9 Å². The second-order valence-electron chi connectivity index (χ2n) is 8.08. The van der Waals surface area contributed by atoms with Gasteiger partial charge in [-0.25, -0.2) is 4.39 Å². The van der Waals surface area contributed by atoms with Crippen molar-refractivity contribution in [1.82, 2.24) is 20.4 Å². The zero-order valence-corrected chi connectivity index (χ0v) is 17.6. The van der Waals surface area contributed by atoms with E-state index >= 15 is 0 Å². The average molecular weight is 423 g/mol. The van der Waals surface area contributed by atoms with E-state index in [1.165, 1.54) is 0 Å². The van der Waals surface area contributed by atoms with Crippen molar-refractivity contribution in [1.29, 1.82) is 0 Å². The minimum absolute atomic E-state index is 0.00947. The van der Waals surface area contributed by atoms with Gasteiger partial charge in [0.1, 0.15) is 11.7 Å². The van der Waals surface area contributed by atoms with Crippen molar-refractivity contribution in [2.45, 2.75) is 68.1 Å². The molecule has 3 fully saturated rings. The van der Waals surface area contributed by atoms with Crippen LogP contribution in [-0.2, 0) is 0 Å². The zero-order valence-electron chi connectivity index (χ0n) is 16.1. The summed E-state index contributed by atoms with van der Waals surface area (Å²) < 4.78 is 13.4. The van der Waals surface area contributed by atoms with Gasteiger partial charge in [0, 0.05) is 43.0 Å². The predicted octanol–water partition coefficient (Wildman–Crippen LogP) is 1.45. The molecule has 0 aromatic rings. The van der Waals surface area contributed by atoms with Gasteiger partial charge in [-0.15, -0.1) is 11.6 Å². The summed E-state index contributed by atoms with van der Waals surface area (Å²) in [6.07, 6.45) is 1.17. The highest BCUT2D eigenvalue weighted by molar-refractivity contribution is 8.00. The molecule has 7 atom stereocenters. The van der Waals surface area contributed by atoms with E-state index in [2.05, 4.69) is 22.1 Å². The first-order valence-corrected chi connectivity index (χ1v) is 11.1. The summed E-state index contributed by atoms with van der Waals surface area (Å²) in [6, 6.07) is 0.00947. The molecular formula is C18H32ClFN4O2S. The lowest BCUT2D eigenvalue weighted by Gasteiger charge is -2.32. The molecule has 3 saturated heterocycles. The molecule has 4 N–H and O–H groups in total. The van der Waals surface area contributed by atoms with Gasteiger partial charge in [0.2, 0.25) is 0 Å². The van der Waals surface area contributed by atoms with Gasteiger partial charge < -0.3 is 10.2 Å². The second-order valence-corrected chi connectivity index (χ2v) is 10.1. The van der Waals surface area contributed by atoms with Crippen LogP contribution in [0.3, 0.4) is 0 Å². The van der Waals surface area contributed by atoms with Crippen LogP contribution in [0, 0.1) is 5.41 Å². The molecule has 0 bridgehead atoms. The number of hydrogen-bond acceptors (Lipinski definition) is 7. The Morgan fingerprint density at radius 2 is 2.19 bits per heavy atom. The van der Waals surface area contributed by atoms with Crippen LogP contribution in [0.4, 0.5) is 4.39 Å². The van der Waals surface area contributed by atoms with Gasteiger partial charge >= 0.3 is 0 Å². The number of aliphatic hydroxyl groups excluding tert-OH is 2. The predicted molar refractivity (Wildman–Crippen MR) is 108 cm³/mol. The molecule has 7 unspecified atom stereocenters. The van der Waals surface area contributed by atoms with Crippen molar-refractivity contribution in [2.24, 2.45) is 5.41 Å². The maximum absolute atomic E-state index is 13.4. The fourth-order valence-corrected chi connectivity index (χ4v) is 5.49. The van der Waals surface area contributed by atoms with Gasteiger partial charge in [-0.2, -0.15) is 0 Å². The minimum Gasteiger partial charge on any atom is -0.379 e. The van der Waals surface area contributed by atoms with Crippen LogP contribution in [0.1, 0.15) is 33.1 Å². The largest absolute Gasteiger partial charge is 0.379 e. The first kappa shape index (κ1) is 21.8. The molecule has 3 aliphatic heterocycles. The van der Waals surface area contributed by atoms with Crippen LogP contribution in [-0.4, -0.2) is 81.2 Å². The summed E-state index contributed by atoms with van der Waals surface area (Å²) >= 11 is 7.32. The summed E-state index contributed by atoms with van der Waals surface area (Å²) in [5.74, 6) is 0. The highest BCUT2D eigenvalue weighted by Gasteiger charge is 2.52. The van der Waals surface area contributed by atoms with Gasteiger partial charge in [0.05, 0.1) is 0 Å². The Labute approximate surface area is 170 Å². The number of aliphatic hydroxyl groups is 2. The smallest absolute Gasteiger partial charge is 0.165 e. The van der Waals surface area contributed by atoms with E-state index in [9.17, 15) is 14.6 Å². The first-order chi connectivity index (χ1) is 12.7. The summed E-state index contributed by atoms with van der Waals surface area (Å²) in [5, 5.41) is 27.0. The van der Waals surface area contributed by atoms with Crippen LogP contribution < -0.4 is 10.6 Å². The Kier molecular flexibility index (Phi) is 7.12. The van der Waals surface area contributed by atoms with Crippen LogP contribution >= 0.6 is 23.4 Å². The van der Waals surface area contributed by atoms with Crippen LogP contribution in [0.25, 0.3) is 0 Å². The van der Waals surface area contributed by atoms with Crippen LogP contribution in [0.2, 0.25) is 0 Å². The molecule has 3 rings (SSSR count). The molecule has 9 heteroatoms. The lowest BCUT2D eigenvalue weighted by Crippen LogP contribution is -2.53. The summed E-state index contributed by atoms with van der Waals surface area (Å²) in [6.45, 7) is 10.7. The van der Waals surface area contributed by atoms with Gasteiger partial charge in [0.25, 0.3) is 0 Å². The molecule has 3 heterocycles. The van der Waals surface area contributed by atoms with Crippen LogP contribution in [0.5, 0.6) is 0 Å². The Balaban J connectivity index is 1.72. The highest BCUT2D eigenvalue weighted by Crippen LogP contribution is 2.48. The molecule has 0 amide bonds. The number of likely N-dealkylation sites (tertiary alicyclic amines) is 2. The molecule has 0 aliphatic carbocycles. The summed E-state index contributed by atoms with van der Waals surface area (Å²) in [5.41, 5.74) is -0.306. The molecule has 0 aromatic heterocycles. The van der Waals surface area contributed by atoms with E-state index < -0.39 is 18.1 Å².